The van der Waals surface area contributed by atoms with E-state index in [2.05, 4.69) is 11.8 Å². The van der Waals surface area contributed by atoms with E-state index in [1.54, 1.807) is 12.1 Å². The summed E-state index contributed by atoms with van der Waals surface area (Å²) >= 11 is 0. The van der Waals surface area contributed by atoms with E-state index < -0.39 is 12.8 Å². The van der Waals surface area contributed by atoms with Crippen molar-refractivity contribution in [2.45, 2.75) is 32.5 Å². The third kappa shape index (κ3) is 5.12. The maximum atomic E-state index is 12.3. The van der Waals surface area contributed by atoms with Crippen molar-refractivity contribution in [1.82, 2.24) is 4.90 Å². The van der Waals surface area contributed by atoms with Gasteiger partial charge in [-0.2, -0.15) is 13.2 Å². The number of halogens is 3. The van der Waals surface area contributed by atoms with E-state index >= 15 is 0 Å². The summed E-state index contributed by atoms with van der Waals surface area (Å²) in [6.07, 6.45) is -2.02. The number of nitrogens with zero attached hydrogens (tertiary/aromatic N) is 1. The summed E-state index contributed by atoms with van der Waals surface area (Å²) in [4.78, 5) is 2.24. The van der Waals surface area contributed by atoms with Gasteiger partial charge in [0, 0.05) is 24.3 Å². The zero-order valence-corrected chi connectivity index (χ0v) is 12.1. The lowest BCUT2D eigenvalue weighted by molar-refractivity contribution is -0.153. The number of anilines is 1. The van der Waals surface area contributed by atoms with Gasteiger partial charge in [-0.15, -0.1) is 0 Å². The fourth-order valence-corrected chi connectivity index (χ4v) is 2.69. The molecule has 1 aliphatic rings. The van der Waals surface area contributed by atoms with Crippen LogP contribution in [-0.2, 0) is 6.54 Å². The summed E-state index contributed by atoms with van der Waals surface area (Å²) < 4.78 is 41.8. The van der Waals surface area contributed by atoms with Gasteiger partial charge in [0.15, 0.2) is 6.61 Å². The minimum Gasteiger partial charge on any atom is -0.484 e. The van der Waals surface area contributed by atoms with Gasteiger partial charge in [0.2, 0.25) is 0 Å². The second-order valence-corrected chi connectivity index (χ2v) is 5.75. The molecule has 0 amide bonds. The molecular formula is C15H21F3N2O. The number of hydrogen-bond acceptors (Lipinski definition) is 3. The Balaban J connectivity index is 2.07. The normalized spacial score (nSPS) is 20.5. The molecule has 1 heterocycles. The Hall–Kier alpha value is -1.43. The summed E-state index contributed by atoms with van der Waals surface area (Å²) in [5.41, 5.74) is 7.00. The number of ether oxygens (including phenoxy) is 1. The highest BCUT2D eigenvalue weighted by molar-refractivity contribution is 5.47. The molecule has 1 saturated heterocycles. The first-order chi connectivity index (χ1) is 9.83. The van der Waals surface area contributed by atoms with Crippen LogP contribution in [0.25, 0.3) is 0 Å². The number of alkyl halides is 3. The van der Waals surface area contributed by atoms with Crippen LogP contribution in [0.4, 0.5) is 18.9 Å². The van der Waals surface area contributed by atoms with Gasteiger partial charge in [0.1, 0.15) is 5.75 Å². The van der Waals surface area contributed by atoms with Crippen LogP contribution in [0.3, 0.4) is 0 Å². The van der Waals surface area contributed by atoms with Crippen LogP contribution in [0.15, 0.2) is 18.2 Å². The first-order valence-corrected chi connectivity index (χ1v) is 7.14. The maximum Gasteiger partial charge on any atom is 0.422 e. The zero-order valence-electron chi connectivity index (χ0n) is 12.1. The highest BCUT2D eigenvalue weighted by Crippen LogP contribution is 2.27. The van der Waals surface area contributed by atoms with Crippen molar-refractivity contribution >= 4 is 5.69 Å². The molecule has 0 spiro atoms. The van der Waals surface area contributed by atoms with E-state index in [9.17, 15) is 13.2 Å². The molecule has 1 aliphatic heterocycles. The van der Waals surface area contributed by atoms with Crippen LogP contribution in [0, 0.1) is 5.92 Å². The molecule has 0 aliphatic carbocycles. The molecule has 0 bridgehead atoms. The Morgan fingerprint density at radius 2 is 2.14 bits per heavy atom. The second-order valence-electron chi connectivity index (χ2n) is 5.75. The molecule has 1 aromatic carbocycles. The number of piperidine rings is 1. The molecule has 2 N–H and O–H groups in total. The van der Waals surface area contributed by atoms with Crippen molar-refractivity contribution in [3.63, 3.8) is 0 Å². The number of likely N-dealkylation sites (tertiary alicyclic amines) is 1. The van der Waals surface area contributed by atoms with Gasteiger partial charge in [-0.25, -0.2) is 0 Å². The van der Waals surface area contributed by atoms with E-state index in [0.717, 1.165) is 19.5 Å². The van der Waals surface area contributed by atoms with Gasteiger partial charge in [0.25, 0.3) is 0 Å². The fraction of sp³-hybridized carbons (Fsp3) is 0.600. The molecule has 1 aromatic rings. The Bertz CT molecular complexity index is 476. The molecule has 0 aromatic heterocycles. The van der Waals surface area contributed by atoms with Crippen LogP contribution in [0.1, 0.15) is 25.3 Å². The van der Waals surface area contributed by atoms with Crippen molar-refractivity contribution in [2.75, 3.05) is 25.4 Å². The first kappa shape index (κ1) is 15.9. The monoisotopic (exact) mass is 302 g/mol. The van der Waals surface area contributed by atoms with Crippen molar-refractivity contribution in [3.05, 3.63) is 23.8 Å². The van der Waals surface area contributed by atoms with Crippen LogP contribution in [-0.4, -0.2) is 30.8 Å². The molecule has 1 fully saturated rings. The van der Waals surface area contributed by atoms with E-state index in [1.807, 2.05) is 0 Å². The predicted octanol–water partition coefficient (Wildman–Crippen LogP) is 3.44. The highest BCUT2D eigenvalue weighted by Gasteiger charge is 2.29. The third-order valence-corrected chi connectivity index (χ3v) is 3.61. The smallest absolute Gasteiger partial charge is 0.422 e. The minimum atomic E-state index is -4.34. The van der Waals surface area contributed by atoms with E-state index in [-0.39, 0.29) is 5.75 Å². The quantitative estimate of drug-likeness (QED) is 0.866. The maximum absolute atomic E-state index is 12.3. The van der Waals surface area contributed by atoms with E-state index in [4.69, 9.17) is 10.5 Å². The van der Waals surface area contributed by atoms with E-state index in [1.165, 1.54) is 12.5 Å². The number of hydrogen-bond donors (Lipinski definition) is 1. The summed E-state index contributed by atoms with van der Waals surface area (Å²) in [6, 6.07) is 4.78. The summed E-state index contributed by atoms with van der Waals surface area (Å²) in [5.74, 6) is 0.874. The van der Waals surface area contributed by atoms with Crippen molar-refractivity contribution in [3.8, 4) is 5.75 Å². The van der Waals surface area contributed by atoms with Crippen molar-refractivity contribution < 1.29 is 17.9 Å². The Labute approximate surface area is 122 Å². The van der Waals surface area contributed by atoms with Crippen LogP contribution in [0.5, 0.6) is 5.75 Å². The average Bonchev–Trinajstić information content (AvgIpc) is 2.36. The van der Waals surface area contributed by atoms with Gasteiger partial charge in [0.05, 0.1) is 0 Å². The lowest BCUT2D eigenvalue weighted by atomic mass is 9.99. The molecule has 0 radical (unpaired) electrons. The second kappa shape index (κ2) is 6.56. The van der Waals surface area contributed by atoms with Crippen molar-refractivity contribution in [2.24, 2.45) is 5.92 Å². The molecule has 0 saturated carbocycles. The Morgan fingerprint density at radius 1 is 1.38 bits per heavy atom. The number of nitrogen functional groups attached to an aromatic ring is 1. The standard InChI is InChI=1S/C15H21F3N2O/c1-11-3-2-6-20(8-11)9-12-7-13(19)4-5-14(12)21-10-15(16,17)18/h4-5,7,11H,2-3,6,8-10,19H2,1H3. The van der Waals surface area contributed by atoms with Gasteiger partial charge >= 0.3 is 6.18 Å². The van der Waals surface area contributed by atoms with Gasteiger partial charge in [-0.05, 0) is 43.5 Å². The SMILES string of the molecule is CC1CCCN(Cc2cc(N)ccc2OCC(F)(F)F)C1. The van der Waals surface area contributed by atoms with Gasteiger partial charge in [-0.3, -0.25) is 4.90 Å². The number of nitrogens with two attached hydrogens (primary N) is 1. The summed E-state index contributed by atoms with van der Waals surface area (Å²) in [7, 11) is 0. The topological polar surface area (TPSA) is 38.5 Å². The predicted molar refractivity (Wildman–Crippen MR) is 76.1 cm³/mol. The van der Waals surface area contributed by atoms with E-state index in [0.29, 0.717) is 23.7 Å². The number of rotatable bonds is 4. The average molecular weight is 302 g/mol. The summed E-state index contributed by atoms with van der Waals surface area (Å²) in [6.45, 7) is 3.39. The number of benzene rings is 1. The molecule has 6 heteroatoms. The molecule has 1 atom stereocenters. The fourth-order valence-electron chi connectivity index (χ4n) is 2.69. The van der Waals surface area contributed by atoms with Crippen LogP contribution in [0.2, 0.25) is 0 Å². The summed E-state index contributed by atoms with van der Waals surface area (Å²) in [5, 5.41) is 0. The van der Waals surface area contributed by atoms with Crippen molar-refractivity contribution in [1.29, 1.82) is 0 Å². The third-order valence-electron chi connectivity index (χ3n) is 3.61. The van der Waals surface area contributed by atoms with Gasteiger partial charge < -0.3 is 10.5 Å². The first-order valence-electron chi connectivity index (χ1n) is 7.14. The molecule has 3 nitrogen and oxygen atoms in total. The highest BCUT2D eigenvalue weighted by atomic mass is 19.4. The van der Waals surface area contributed by atoms with Crippen LogP contribution >= 0.6 is 0 Å². The Kier molecular flexibility index (Phi) is 4.98. The minimum absolute atomic E-state index is 0.264. The van der Waals surface area contributed by atoms with Gasteiger partial charge in [-0.1, -0.05) is 6.92 Å². The lowest BCUT2D eigenvalue weighted by Gasteiger charge is -2.31. The van der Waals surface area contributed by atoms with Crippen LogP contribution < -0.4 is 10.5 Å². The molecule has 1 unspecified atom stereocenters. The Morgan fingerprint density at radius 3 is 2.81 bits per heavy atom. The molecule has 118 valence electrons. The zero-order chi connectivity index (χ0) is 15.5. The molecule has 21 heavy (non-hydrogen) atoms. The largest absolute Gasteiger partial charge is 0.484 e. The molecule has 2 rings (SSSR count). The lowest BCUT2D eigenvalue weighted by Crippen LogP contribution is -2.34. The molecular weight excluding hydrogens is 281 g/mol.